The molecule has 0 radical (unpaired) electrons. The van der Waals surface area contributed by atoms with Crippen LogP contribution < -0.4 is 5.73 Å². The Labute approximate surface area is 100 Å². The van der Waals surface area contributed by atoms with Crippen molar-refractivity contribution in [2.45, 2.75) is 26.1 Å². The standard InChI is InChI=1S/C12H11F4NO/c1-5-3-7(13)4-8-6(2)10(18-9(5)8)11(17)12(14,15)16/h3-4,11H,17H2,1-2H3. The highest BCUT2D eigenvalue weighted by Gasteiger charge is 2.41. The Hall–Kier alpha value is -1.56. The summed E-state index contributed by atoms with van der Waals surface area (Å²) in [5.41, 5.74) is 6.01. The molecule has 0 fully saturated rings. The zero-order valence-electron chi connectivity index (χ0n) is 9.73. The number of halogens is 4. The van der Waals surface area contributed by atoms with Crippen molar-refractivity contribution in [1.29, 1.82) is 0 Å². The zero-order chi connectivity index (χ0) is 13.7. The van der Waals surface area contributed by atoms with Crippen LogP contribution in [0.5, 0.6) is 0 Å². The van der Waals surface area contributed by atoms with Crippen LogP contribution in [-0.2, 0) is 0 Å². The molecule has 1 heterocycles. The lowest BCUT2D eigenvalue weighted by Crippen LogP contribution is -2.28. The zero-order valence-corrected chi connectivity index (χ0v) is 9.73. The minimum Gasteiger partial charge on any atom is -0.458 e. The third-order valence-corrected chi connectivity index (χ3v) is 2.86. The van der Waals surface area contributed by atoms with E-state index in [1.165, 1.54) is 13.0 Å². The van der Waals surface area contributed by atoms with E-state index < -0.39 is 18.0 Å². The van der Waals surface area contributed by atoms with Crippen LogP contribution in [0.2, 0.25) is 0 Å². The van der Waals surface area contributed by atoms with Gasteiger partial charge in [0.1, 0.15) is 17.2 Å². The fourth-order valence-electron chi connectivity index (χ4n) is 1.91. The van der Waals surface area contributed by atoms with Gasteiger partial charge in [-0.05, 0) is 31.5 Å². The normalized spacial score (nSPS) is 14.2. The molecule has 1 unspecified atom stereocenters. The molecule has 0 aliphatic carbocycles. The van der Waals surface area contributed by atoms with Crippen molar-refractivity contribution in [2.75, 3.05) is 0 Å². The highest BCUT2D eigenvalue weighted by atomic mass is 19.4. The second-order valence-corrected chi connectivity index (χ2v) is 4.21. The Morgan fingerprint density at radius 1 is 1.22 bits per heavy atom. The average Bonchev–Trinajstić information content (AvgIpc) is 2.54. The van der Waals surface area contributed by atoms with Crippen molar-refractivity contribution in [3.05, 3.63) is 34.8 Å². The minimum atomic E-state index is -4.59. The molecule has 2 nitrogen and oxygen atoms in total. The first-order valence-electron chi connectivity index (χ1n) is 5.23. The first kappa shape index (κ1) is 12.9. The predicted octanol–water partition coefficient (Wildman–Crippen LogP) is 3.75. The summed E-state index contributed by atoms with van der Waals surface area (Å²) in [5.74, 6) is -0.887. The second kappa shape index (κ2) is 3.98. The van der Waals surface area contributed by atoms with E-state index in [-0.39, 0.29) is 16.9 Å². The topological polar surface area (TPSA) is 39.2 Å². The van der Waals surface area contributed by atoms with Gasteiger partial charge in [-0.25, -0.2) is 4.39 Å². The molecule has 18 heavy (non-hydrogen) atoms. The molecule has 2 N–H and O–H groups in total. The van der Waals surface area contributed by atoms with E-state index in [1.807, 2.05) is 0 Å². The molecule has 98 valence electrons. The lowest BCUT2D eigenvalue weighted by molar-refractivity contribution is -0.152. The van der Waals surface area contributed by atoms with Crippen LogP contribution in [0.15, 0.2) is 16.5 Å². The van der Waals surface area contributed by atoms with E-state index in [1.54, 1.807) is 6.92 Å². The van der Waals surface area contributed by atoms with Crippen LogP contribution in [-0.4, -0.2) is 6.18 Å². The van der Waals surface area contributed by atoms with Gasteiger partial charge in [0.25, 0.3) is 0 Å². The summed E-state index contributed by atoms with van der Waals surface area (Å²) in [6.45, 7) is 3.00. The van der Waals surface area contributed by atoms with Gasteiger partial charge in [-0.2, -0.15) is 13.2 Å². The van der Waals surface area contributed by atoms with E-state index in [0.29, 0.717) is 10.9 Å². The number of hydrogen-bond acceptors (Lipinski definition) is 2. The number of fused-ring (bicyclic) bond motifs is 1. The molecule has 2 rings (SSSR count). The van der Waals surface area contributed by atoms with Gasteiger partial charge in [-0.15, -0.1) is 0 Å². The summed E-state index contributed by atoms with van der Waals surface area (Å²) in [6.07, 6.45) is -4.59. The Morgan fingerprint density at radius 2 is 1.83 bits per heavy atom. The summed E-state index contributed by atoms with van der Waals surface area (Å²) >= 11 is 0. The molecule has 0 saturated carbocycles. The molecule has 1 atom stereocenters. The van der Waals surface area contributed by atoms with Crippen LogP contribution in [0.25, 0.3) is 11.0 Å². The van der Waals surface area contributed by atoms with Gasteiger partial charge in [0, 0.05) is 10.9 Å². The molecule has 0 saturated heterocycles. The number of aryl methyl sites for hydroxylation is 2. The smallest absolute Gasteiger partial charge is 0.410 e. The maximum absolute atomic E-state index is 13.2. The third-order valence-electron chi connectivity index (χ3n) is 2.86. The summed E-state index contributed by atoms with van der Waals surface area (Å²) in [4.78, 5) is 0. The highest BCUT2D eigenvalue weighted by molar-refractivity contribution is 5.85. The number of alkyl halides is 3. The van der Waals surface area contributed by atoms with E-state index in [0.717, 1.165) is 6.07 Å². The molecule has 0 spiro atoms. The van der Waals surface area contributed by atoms with Crippen LogP contribution in [0.3, 0.4) is 0 Å². The molecule has 6 heteroatoms. The fraction of sp³-hybridized carbons (Fsp3) is 0.333. The molecule has 1 aromatic carbocycles. The maximum Gasteiger partial charge on any atom is 0.410 e. The number of rotatable bonds is 1. The molecule has 0 aliphatic heterocycles. The SMILES string of the molecule is Cc1c(C(N)C(F)(F)F)oc2c(C)cc(F)cc12. The van der Waals surface area contributed by atoms with Crippen LogP contribution >= 0.6 is 0 Å². The Morgan fingerprint density at radius 3 is 2.39 bits per heavy atom. The van der Waals surface area contributed by atoms with Crippen LogP contribution in [0.4, 0.5) is 17.6 Å². The quantitative estimate of drug-likeness (QED) is 0.794. The summed E-state index contributed by atoms with van der Waals surface area (Å²) < 4.78 is 56.1. The Bertz CT molecular complexity index is 600. The van der Waals surface area contributed by atoms with Gasteiger partial charge in [0.2, 0.25) is 0 Å². The average molecular weight is 261 g/mol. The molecular weight excluding hydrogens is 250 g/mol. The monoisotopic (exact) mass is 261 g/mol. The first-order valence-corrected chi connectivity index (χ1v) is 5.23. The fourth-order valence-corrected chi connectivity index (χ4v) is 1.91. The van der Waals surface area contributed by atoms with E-state index in [4.69, 9.17) is 10.2 Å². The largest absolute Gasteiger partial charge is 0.458 e. The number of benzene rings is 1. The summed E-state index contributed by atoms with van der Waals surface area (Å²) in [5, 5.41) is 0.321. The molecule has 0 bridgehead atoms. The number of nitrogens with two attached hydrogens (primary N) is 1. The minimum absolute atomic E-state index is 0.220. The van der Waals surface area contributed by atoms with Gasteiger partial charge >= 0.3 is 6.18 Å². The number of furan rings is 1. The number of hydrogen-bond donors (Lipinski definition) is 1. The Kier molecular flexibility index (Phi) is 2.85. The first-order chi connectivity index (χ1) is 8.21. The summed E-state index contributed by atoms with van der Waals surface area (Å²) in [6, 6.07) is 0.148. The van der Waals surface area contributed by atoms with E-state index in [9.17, 15) is 17.6 Å². The van der Waals surface area contributed by atoms with Gasteiger partial charge in [-0.1, -0.05) is 0 Å². The lowest BCUT2D eigenvalue weighted by atomic mass is 10.1. The Balaban J connectivity index is 2.68. The van der Waals surface area contributed by atoms with Gasteiger partial charge < -0.3 is 10.2 Å². The molecule has 1 aromatic heterocycles. The van der Waals surface area contributed by atoms with Crippen molar-refractivity contribution < 1.29 is 22.0 Å². The highest BCUT2D eigenvalue weighted by Crippen LogP contribution is 2.37. The molecular formula is C12H11F4NO. The van der Waals surface area contributed by atoms with Crippen molar-refractivity contribution in [2.24, 2.45) is 5.73 Å². The van der Waals surface area contributed by atoms with Crippen molar-refractivity contribution >= 4 is 11.0 Å². The van der Waals surface area contributed by atoms with Gasteiger partial charge in [-0.3, -0.25) is 0 Å². The summed E-state index contributed by atoms with van der Waals surface area (Å²) in [7, 11) is 0. The molecule has 0 aliphatic rings. The van der Waals surface area contributed by atoms with Crippen molar-refractivity contribution in [3.8, 4) is 0 Å². The second-order valence-electron chi connectivity index (χ2n) is 4.21. The van der Waals surface area contributed by atoms with E-state index in [2.05, 4.69) is 0 Å². The van der Waals surface area contributed by atoms with E-state index >= 15 is 0 Å². The van der Waals surface area contributed by atoms with Crippen molar-refractivity contribution in [3.63, 3.8) is 0 Å². The van der Waals surface area contributed by atoms with Crippen LogP contribution in [0.1, 0.15) is 22.9 Å². The predicted molar refractivity (Wildman–Crippen MR) is 58.6 cm³/mol. The lowest BCUT2D eigenvalue weighted by Gasteiger charge is -2.13. The maximum atomic E-state index is 13.2. The van der Waals surface area contributed by atoms with Crippen molar-refractivity contribution in [1.82, 2.24) is 0 Å². The third kappa shape index (κ3) is 1.96. The van der Waals surface area contributed by atoms with Gasteiger partial charge in [0.15, 0.2) is 6.04 Å². The van der Waals surface area contributed by atoms with Gasteiger partial charge in [0.05, 0.1) is 0 Å². The molecule has 0 amide bonds. The molecule has 2 aromatic rings. The van der Waals surface area contributed by atoms with Crippen LogP contribution in [0, 0.1) is 19.7 Å².